The maximum absolute atomic E-state index is 12.6. The molecule has 1 aliphatic carbocycles. The highest BCUT2D eigenvalue weighted by Gasteiger charge is 2.59. The van der Waals surface area contributed by atoms with E-state index in [2.05, 4.69) is 48.2 Å². The summed E-state index contributed by atoms with van der Waals surface area (Å²) in [5, 5.41) is 26.4. The van der Waals surface area contributed by atoms with Crippen LogP contribution < -0.4 is 26.4 Å². The van der Waals surface area contributed by atoms with E-state index >= 15 is 0 Å². The van der Waals surface area contributed by atoms with Crippen LogP contribution in [0.15, 0.2) is 35.3 Å². The van der Waals surface area contributed by atoms with Crippen LogP contribution in [0.4, 0.5) is 17.5 Å². The summed E-state index contributed by atoms with van der Waals surface area (Å²) in [6, 6.07) is 8.30. The first kappa shape index (κ1) is 22.9. The van der Waals surface area contributed by atoms with Gasteiger partial charge in [-0.1, -0.05) is 12.1 Å². The molecule has 3 unspecified atom stereocenters. The maximum atomic E-state index is 12.6. The van der Waals surface area contributed by atoms with Gasteiger partial charge in [0.1, 0.15) is 16.7 Å². The highest BCUT2D eigenvalue weighted by atomic mass is 16.4. The molecule has 3 fully saturated rings. The van der Waals surface area contributed by atoms with Gasteiger partial charge in [0.25, 0.3) is 5.56 Å². The minimum atomic E-state index is -0.673. The highest BCUT2D eigenvalue weighted by Crippen LogP contribution is 2.58. The molecule has 36 heavy (non-hydrogen) atoms. The van der Waals surface area contributed by atoms with Crippen molar-refractivity contribution in [1.29, 1.82) is 0 Å². The Kier molecular flexibility index (Phi) is 5.81. The molecule has 0 bridgehead atoms. The number of carbonyl (C=O) groups is 1. The van der Waals surface area contributed by atoms with E-state index in [1.807, 2.05) is 12.1 Å². The first-order chi connectivity index (χ1) is 17.5. The first-order valence-corrected chi connectivity index (χ1v) is 12.6. The Balaban J connectivity index is 1.22. The minimum absolute atomic E-state index is 0.0546. The van der Waals surface area contributed by atoms with Crippen molar-refractivity contribution in [3.63, 3.8) is 0 Å². The number of hydrogen-bond acceptors (Lipinski definition) is 9. The molecule has 0 amide bonds. The third kappa shape index (κ3) is 4.28. The molecule has 2 aromatic heterocycles. The van der Waals surface area contributed by atoms with Crippen molar-refractivity contribution in [1.82, 2.24) is 30.8 Å². The van der Waals surface area contributed by atoms with Crippen molar-refractivity contribution < 1.29 is 9.90 Å². The van der Waals surface area contributed by atoms with E-state index in [0.29, 0.717) is 22.7 Å². The lowest BCUT2D eigenvalue weighted by Crippen LogP contribution is -2.36. The van der Waals surface area contributed by atoms with Crippen LogP contribution in [-0.4, -0.2) is 64.0 Å². The third-order valence-electron chi connectivity index (χ3n) is 7.82. The second kappa shape index (κ2) is 9.14. The number of aromatic nitrogens is 4. The van der Waals surface area contributed by atoms with Crippen molar-refractivity contribution in [2.75, 3.05) is 42.9 Å². The normalized spacial score (nSPS) is 26.1. The number of aromatic amines is 1. The summed E-state index contributed by atoms with van der Waals surface area (Å²) in [5.41, 5.74) is 2.09. The van der Waals surface area contributed by atoms with Crippen LogP contribution in [0.5, 0.6) is 0 Å². The molecule has 188 valence electrons. The molecule has 1 aromatic carbocycles. The summed E-state index contributed by atoms with van der Waals surface area (Å²) in [7, 11) is 0. The largest absolute Gasteiger partial charge is 0.481 e. The molecule has 11 heteroatoms. The summed E-state index contributed by atoms with van der Waals surface area (Å²) in [5.74, 6) is 0.162. The van der Waals surface area contributed by atoms with E-state index in [1.54, 1.807) is 6.20 Å². The van der Waals surface area contributed by atoms with Crippen LogP contribution in [0.1, 0.15) is 37.3 Å². The molecule has 0 radical (unpaired) electrons. The Hall–Kier alpha value is -3.57. The van der Waals surface area contributed by atoms with E-state index in [0.717, 1.165) is 69.7 Å². The zero-order valence-corrected chi connectivity index (χ0v) is 20.0. The quantitative estimate of drug-likeness (QED) is 0.358. The second-order valence-electron chi connectivity index (χ2n) is 10.1. The molecule has 11 nitrogen and oxygen atoms in total. The van der Waals surface area contributed by atoms with Crippen LogP contribution in [0.3, 0.4) is 0 Å². The monoisotopic (exact) mass is 490 g/mol. The SMILES string of the molecule is O=C(O)C1CC12CCC(c1ccc(Nc3nc(N4CCCNCC4)nc4cn[nH]c(=O)c34)cc1)NC2. The number of carboxylic acids is 1. The van der Waals surface area contributed by atoms with E-state index < -0.39 is 5.97 Å². The van der Waals surface area contributed by atoms with Crippen molar-refractivity contribution in [3.8, 4) is 0 Å². The lowest BCUT2D eigenvalue weighted by atomic mass is 9.87. The number of rotatable bonds is 5. The van der Waals surface area contributed by atoms with Crippen LogP contribution in [-0.2, 0) is 4.79 Å². The standard InChI is InChI=1S/C25H30N8O3/c34-22-20-19(13-28-32-22)30-24(33-10-1-8-26-9-11-33)31-21(20)29-16-4-2-15(3-5-16)18-6-7-25(14-27-18)12-17(25)23(35)36/h2-5,13,17-18,26-27H,1,6-12,14H2,(H,32,34)(H,35,36)(H,29,30,31). The fourth-order valence-corrected chi connectivity index (χ4v) is 5.61. The molecule has 1 spiro atoms. The van der Waals surface area contributed by atoms with Gasteiger partial charge in [-0.3, -0.25) is 9.59 Å². The molecular formula is C25H30N8O3. The van der Waals surface area contributed by atoms with E-state index in [-0.39, 0.29) is 22.9 Å². The molecule has 2 aliphatic heterocycles. The van der Waals surface area contributed by atoms with Crippen LogP contribution in [0, 0.1) is 11.3 Å². The second-order valence-corrected chi connectivity index (χ2v) is 10.1. The van der Waals surface area contributed by atoms with Crippen LogP contribution >= 0.6 is 0 Å². The Labute approximate surface area is 207 Å². The number of carboxylic acid groups (broad SMARTS) is 1. The molecule has 3 atom stereocenters. The smallest absolute Gasteiger partial charge is 0.307 e. The number of piperidine rings is 1. The van der Waals surface area contributed by atoms with Crippen molar-refractivity contribution >= 4 is 34.3 Å². The summed E-state index contributed by atoms with van der Waals surface area (Å²) >= 11 is 0. The van der Waals surface area contributed by atoms with E-state index in [9.17, 15) is 14.7 Å². The number of nitrogens with one attached hydrogen (secondary N) is 4. The Morgan fingerprint density at radius 2 is 2.03 bits per heavy atom. The van der Waals surface area contributed by atoms with Crippen molar-refractivity contribution in [2.45, 2.75) is 31.7 Å². The maximum Gasteiger partial charge on any atom is 0.307 e. The number of fused-ring (bicyclic) bond motifs is 1. The third-order valence-corrected chi connectivity index (χ3v) is 7.82. The fraction of sp³-hybridized carbons (Fsp3) is 0.480. The molecule has 3 aliphatic rings. The van der Waals surface area contributed by atoms with E-state index in [4.69, 9.17) is 4.98 Å². The van der Waals surface area contributed by atoms with Gasteiger partial charge in [0, 0.05) is 37.9 Å². The van der Waals surface area contributed by atoms with Crippen molar-refractivity contribution in [3.05, 3.63) is 46.4 Å². The van der Waals surface area contributed by atoms with Gasteiger partial charge in [-0.2, -0.15) is 10.1 Å². The molecular weight excluding hydrogens is 460 g/mol. The molecule has 2 saturated heterocycles. The van der Waals surface area contributed by atoms with Gasteiger partial charge in [-0.05, 0) is 55.3 Å². The zero-order chi connectivity index (χ0) is 24.7. The lowest BCUT2D eigenvalue weighted by Gasteiger charge is -2.31. The lowest BCUT2D eigenvalue weighted by molar-refractivity contribution is -0.139. The highest BCUT2D eigenvalue weighted by molar-refractivity contribution is 5.90. The molecule has 4 heterocycles. The summed E-state index contributed by atoms with van der Waals surface area (Å²) in [4.78, 5) is 35.4. The Bertz CT molecular complexity index is 1330. The zero-order valence-electron chi connectivity index (χ0n) is 20.0. The minimum Gasteiger partial charge on any atom is -0.481 e. The fourth-order valence-electron chi connectivity index (χ4n) is 5.61. The average Bonchev–Trinajstić information content (AvgIpc) is 3.65. The van der Waals surface area contributed by atoms with Gasteiger partial charge in [0.15, 0.2) is 0 Å². The van der Waals surface area contributed by atoms with Crippen LogP contribution in [0.2, 0.25) is 0 Å². The summed E-state index contributed by atoms with van der Waals surface area (Å²) in [6.45, 7) is 4.19. The number of anilines is 3. The topological polar surface area (TPSA) is 148 Å². The van der Waals surface area contributed by atoms with Crippen LogP contribution in [0.25, 0.3) is 10.9 Å². The number of benzene rings is 1. The number of hydrogen-bond donors (Lipinski definition) is 5. The van der Waals surface area contributed by atoms with Gasteiger partial charge >= 0.3 is 5.97 Å². The molecule has 3 aromatic rings. The molecule has 6 rings (SSSR count). The molecule has 5 N–H and O–H groups in total. The Morgan fingerprint density at radius 1 is 1.17 bits per heavy atom. The first-order valence-electron chi connectivity index (χ1n) is 12.6. The van der Waals surface area contributed by atoms with Gasteiger partial charge < -0.3 is 26.0 Å². The number of nitrogens with zero attached hydrogens (tertiary/aromatic N) is 4. The van der Waals surface area contributed by atoms with Gasteiger partial charge in [0.05, 0.1) is 12.1 Å². The van der Waals surface area contributed by atoms with Gasteiger partial charge in [0.2, 0.25) is 5.95 Å². The van der Waals surface area contributed by atoms with E-state index in [1.165, 1.54) is 0 Å². The van der Waals surface area contributed by atoms with Gasteiger partial charge in [-0.25, -0.2) is 10.1 Å². The van der Waals surface area contributed by atoms with Gasteiger partial charge in [-0.15, -0.1) is 0 Å². The predicted molar refractivity (Wildman–Crippen MR) is 136 cm³/mol. The summed E-state index contributed by atoms with van der Waals surface area (Å²) < 4.78 is 0. The van der Waals surface area contributed by atoms with Crippen molar-refractivity contribution in [2.24, 2.45) is 11.3 Å². The average molecular weight is 491 g/mol. The summed E-state index contributed by atoms with van der Waals surface area (Å²) in [6.07, 6.45) is 5.18. The number of aliphatic carboxylic acids is 1. The molecule has 1 saturated carbocycles. The number of H-pyrrole nitrogens is 1. The Morgan fingerprint density at radius 3 is 2.78 bits per heavy atom. The predicted octanol–water partition coefficient (Wildman–Crippen LogP) is 1.77.